The molecule has 0 radical (unpaired) electrons. The molecule has 112 valence electrons. The summed E-state index contributed by atoms with van der Waals surface area (Å²) < 4.78 is 5.31. The number of unbranched alkanes of at least 4 members (excludes halogenated alkanes) is 1. The van der Waals surface area contributed by atoms with E-state index in [1.54, 1.807) is 6.26 Å². The fourth-order valence-corrected chi connectivity index (χ4v) is 2.61. The van der Waals surface area contributed by atoms with Crippen molar-refractivity contribution in [2.24, 2.45) is 5.73 Å². The molecule has 0 spiro atoms. The molecule has 1 amide bonds. The Balaban J connectivity index is 1.86. The molecular weight excluding hydrogens is 254 g/mol. The molecule has 0 saturated carbocycles. The average Bonchev–Trinajstić information content (AvgIpc) is 2.73. The fourth-order valence-electron chi connectivity index (χ4n) is 2.61. The maximum atomic E-state index is 12.4. The molecular formula is C15H25N3O2. The van der Waals surface area contributed by atoms with Crippen LogP contribution in [0.15, 0.2) is 16.7 Å². The van der Waals surface area contributed by atoms with E-state index < -0.39 is 0 Å². The molecule has 0 bridgehead atoms. The summed E-state index contributed by atoms with van der Waals surface area (Å²) >= 11 is 0. The normalized spacial score (nSPS) is 17.2. The van der Waals surface area contributed by atoms with Gasteiger partial charge in [0.1, 0.15) is 0 Å². The van der Waals surface area contributed by atoms with Gasteiger partial charge in [-0.3, -0.25) is 4.79 Å². The molecule has 1 aliphatic heterocycles. The Bertz CT molecular complexity index is 431. The van der Waals surface area contributed by atoms with Gasteiger partial charge in [-0.05, 0) is 51.9 Å². The third kappa shape index (κ3) is 3.84. The van der Waals surface area contributed by atoms with Crippen LogP contribution in [0.2, 0.25) is 0 Å². The minimum Gasteiger partial charge on any atom is -0.459 e. The van der Waals surface area contributed by atoms with Crippen molar-refractivity contribution in [1.82, 2.24) is 9.80 Å². The molecule has 0 atom stereocenters. The second-order valence-corrected chi connectivity index (χ2v) is 5.42. The van der Waals surface area contributed by atoms with E-state index in [4.69, 9.17) is 10.2 Å². The third-order valence-corrected chi connectivity index (χ3v) is 3.86. The van der Waals surface area contributed by atoms with Crippen LogP contribution in [0.3, 0.4) is 0 Å². The number of furan rings is 1. The minimum absolute atomic E-state index is 0.0244. The highest BCUT2D eigenvalue weighted by Crippen LogP contribution is 2.14. The van der Waals surface area contributed by atoms with Gasteiger partial charge in [-0.15, -0.1) is 0 Å². The lowest BCUT2D eigenvalue weighted by molar-refractivity contribution is 0.0728. The highest BCUT2D eigenvalue weighted by Gasteiger charge is 2.23. The molecule has 1 aliphatic rings. The monoisotopic (exact) mass is 279 g/mol. The summed E-state index contributed by atoms with van der Waals surface area (Å²) in [5.41, 5.74) is 6.44. The number of nitrogens with two attached hydrogens (primary N) is 1. The maximum absolute atomic E-state index is 12.4. The van der Waals surface area contributed by atoms with Crippen LogP contribution in [0.5, 0.6) is 0 Å². The van der Waals surface area contributed by atoms with Gasteiger partial charge >= 0.3 is 0 Å². The van der Waals surface area contributed by atoms with E-state index in [1.807, 2.05) is 17.9 Å². The van der Waals surface area contributed by atoms with Gasteiger partial charge in [0.25, 0.3) is 5.91 Å². The third-order valence-electron chi connectivity index (χ3n) is 3.86. The van der Waals surface area contributed by atoms with Crippen LogP contribution < -0.4 is 5.73 Å². The van der Waals surface area contributed by atoms with E-state index in [0.29, 0.717) is 5.76 Å². The van der Waals surface area contributed by atoms with E-state index >= 15 is 0 Å². The van der Waals surface area contributed by atoms with Crippen LogP contribution in [0.4, 0.5) is 0 Å². The summed E-state index contributed by atoms with van der Waals surface area (Å²) in [5, 5.41) is 0. The topological polar surface area (TPSA) is 62.7 Å². The molecule has 2 rings (SSSR count). The van der Waals surface area contributed by atoms with Crippen molar-refractivity contribution in [3.63, 3.8) is 0 Å². The quantitative estimate of drug-likeness (QED) is 0.829. The van der Waals surface area contributed by atoms with Gasteiger partial charge in [0, 0.05) is 25.2 Å². The molecule has 0 unspecified atom stereocenters. The summed E-state index contributed by atoms with van der Waals surface area (Å²) in [5.74, 6) is 0.512. The van der Waals surface area contributed by atoms with Crippen molar-refractivity contribution < 1.29 is 9.21 Å². The predicted molar refractivity (Wildman–Crippen MR) is 78.7 cm³/mol. The molecule has 0 aliphatic carbocycles. The first-order valence-electron chi connectivity index (χ1n) is 7.48. The Morgan fingerprint density at radius 1 is 1.30 bits per heavy atom. The van der Waals surface area contributed by atoms with Crippen LogP contribution >= 0.6 is 0 Å². The van der Waals surface area contributed by atoms with Gasteiger partial charge < -0.3 is 20.0 Å². The lowest BCUT2D eigenvalue weighted by Crippen LogP contribution is -2.35. The first kappa shape index (κ1) is 15.1. The highest BCUT2D eigenvalue weighted by molar-refractivity contribution is 5.92. The van der Waals surface area contributed by atoms with Crippen LogP contribution in [-0.2, 0) is 0 Å². The molecule has 20 heavy (non-hydrogen) atoms. The van der Waals surface area contributed by atoms with Crippen molar-refractivity contribution in [2.45, 2.75) is 26.2 Å². The molecule has 2 heterocycles. The highest BCUT2D eigenvalue weighted by atomic mass is 16.3. The van der Waals surface area contributed by atoms with Crippen LogP contribution in [0.1, 0.15) is 35.4 Å². The largest absolute Gasteiger partial charge is 0.459 e. The Hall–Kier alpha value is -1.33. The second kappa shape index (κ2) is 7.45. The molecule has 2 N–H and O–H groups in total. The number of nitrogens with zero attached hydrogens (tertiary/aromatic N) is 2. The molecule has 1 aromatic rings. The van der Waals surface area contributed by atoms with E-state index in [9.17, 15) is 4.79 Å². The Morgan fingerprint density at radius 3 is 2.85 bits per heavy atom. The molecule has 5 nitrogen and oxygen atoms in total. The molecule has 1 aromatic heterocycles. The van der Waals surface area contributed by atoms with Crippen LogP contribution in [-0.4, -0.2) is 55.0 Å². The summed E-state index contributed by atoms with van der Waals surface area (Å²) in [6.07, 6.45) is 4.82. The number of rotatable bonds is 5. The summed E-state index contributed by atoms with van der Waals surface area (Å²) in [4.78, 5) is 16.7. The summed E-state index contributed by atoms with van der Waals surface area (Å²) in [7, 11) is 0. The lowest BCUT2D eigenvalue weighted by Gasteiger charge is -2.21. The predicted octanol–water partition coefficient (Wildman–Crippen LogP) is 1.47. The summed E-state index contributed by atoms with van der Waals surface area (Å²) in [6.45, 7) is 7.35. The minimum atomic E-state index is 0.0244. The molecule has 1 saturated heterocycles. The molecule has 5 heteroatoms. The first-order chi connectivity index (χ1) is 9.72. The Labute approximate surface area is 120 Å². The zero-order valence-corrected chi connectivity index (χ0v) is 12.3. The molecule has 1 fully saturated rings. The van der Waals surface area contributed by atoms with Crippen molar-refractivity contribution in [2.75, 3.05) is 39.3 Å². The van der Waals surface area contributed by atoms with Crippen LogP contribution in [0.25, 0.3) is 0 Å². The lowest BCUT2D eigenvalue weighted by atomic mass is 10.2. The van der Waals surface area contributed by atoms with Crippen LogP contribution in [0, 0.1) is 6.92 Å². The van der Waals surface area contributed by atoms with Gasteiger partial charge in [-0.1, -0.05) is 0 Å². The number of hydrogen-bond acceptors (Lipinski definition) is 4. The van der Waals surface area contributed by atoms with Gasteiger partial charge in [-0.2, -0.15) is 0 Å². The zero-order chi connectivity index (χ0) is 14.4. The van der Waals surface area contributed by atoms with Gasteiger partial charge in [0.2, 0.25) is 0 Å². The Morgan fingerprint density at radius 2 is 2.15 bits per heavy atom. The maximum Gasteiger partial charge on any atom is 0.289 e. The number of hydrogen-bond donors (Lipinski definition) is 1. The zero-order valence-electron chi connectivity index (χ0n) is 12.3. The number of carbonyl (C=O) groups excluding carboxylic acids is 1. The van der Waals surface area contributed by atoms with Crippen molar-refractivity contribution in [3.05, 3.63) is 23.7 Å². The van der Waals surface area contributed by atoms with Gasteiger partial charge in [-0.25, -0.2) is 0 Å². The van der Waals surface area contributed by atoms with Crippen molar-refractivity contribution >= 4 is 5.91 Å². The van der Waals surface area contributed by atoms with E-state index in [-0.39, 0.29) is 5.91 Å². The molecule has 0 aromatic carbocycles. The SMILES string of the molecule is Cc1ccoc1C(=O)N1CCCN(CCCCN)CC1. The first-order valence-corrected chi connectivity index (χ1v) is 7.48. The van der Waals surface area contributed by atoms with Gasteiger partial charge in [0.05, 0.1) is 6.26 Å². The second-order valence-electron chi connectivity index (χ2n) is 5.42. The smallest absolute Gasteiger partial charge is 0.289 e. The number of amides is 1. The van der Waals surface area contributed by atoms with Crippen molar-refractivity contribution in [3.8, 4) is 0 Å². The van der Waals surface area contributed by atoms with E-state index in [2.05, 4.69) is 4.90 Å². The summed E-state index contributed by atoms with van der Waals surface area (Å²) in [6, 6.07) is 1.84. The van der Waals surface area contributed by atoms with Gasteiger partial charge in [0.15, 0.2) is 5.76 Å². The number of carbonyl (C=O) groups is 1. The van der Waals surface area contributed by atoms with E-state index in [0.717, 1.165) is 64.1 Å². The Kier molecular flexibility index (Phi) is 5.61. The number of aryl methyl sites for hydroxylation is 1. The van der Waals surface area contributed by atoms with Crippen molar-refractivity contribution in [1.29, 1.82) is 0 Å². The standard InChI is InChI=1S/C15H25N3O2/c1-13-5-12-20-14(13)15(19)18-9-4-8-17(10-11-18)7-3-2-6-16/h5,12H,2-4,6-11,16H2,1H3. The average molecular weight is 279 g/mol. The van der Waals surface area contributed by atoms with E-state index in [1.165, 1.54) is 0 Å². The fraction of sp³-hybridized carbons (Fsp3) is 0.667.